The number of nitrogens with one attached hydrogen (secondary N) is 1. The molecule has 2 heterocycles. The number of hydrogen-bond donors (Lipinski definition) is 1. The second-order valence-electron chi connectivity index (χ2n) is 6.64. The van der Waals surface area contributed by atoms with Gasteiger partial charge in [-0.2, -0.15) is 0 Å². The number of rotatable bonds is 6. The Morgan fingerprint density at radius 2 is 1.86 bits per heavy atom. The van der Waals surface area contributed by atoms with Crippen LogP contribution in [0, 0.1) is 5.82 Å². The lowest BCUT2D eigenvalue weighted by Gasteiger charge is -2.20. The Kier molecular flexibility index (Phi) is 5.24. The number of halogens is 1. The van der Waals surface area contributed by atoms with E-state index in [-0.39, 0.29) is 23.9 Å². The SMILES string of the molecule is COc1ccccc1C(CC(=O)Nc1ccccc1F)c1cnc2ccccn12. The van der Waals surface area contributed by atoms with Crippen molar-refractivity contribution in [2.45, 2.75) is 12.3 Å². The largest absolute Gasteiger partial charge is 0.496 e. The van der Waals surface area contributed by atoms with Crippen LogP contribution in [0.4, 0.5) is 10.1 Å². The molecule has 4 rings (SSSR count). The van der Waals surface area contributed by atoms with Gasteiger partial charge in [-0.3, -0.25) is 4.79 Å². The number of ether oxygens (including phenoxy) is 1. The predicted molar refractivity (Wildman–Crippen MR) is 110 cm³/mol. The maximum Gasteiger partial charge on any atom is 0.225 e. The van der Waals surface area contributed by atoms with Crippen molar-refractivity contribution in [1.29, 1.82) is 0 Å². The number of anilines is 1. The van der Waals surface area contributed by atoms with Gasteiger partial charge >= 0.3 is 0 Å². The molecule has 0 aliphatic rings. The summed E-state index contributed by atoms with van der Waals surface area (Å²) in [6.45, 7) is 0. The Bertz CT molecular complexity index is 1160. The average Bonchev–Trinajstić information content (AvgIpc) is 3.18. The molecule has 0 spiro atoms. The minimum atomic E-state index is -0.468. The van der Waals surface area contributed by atoms with Crippen LogP contribution in [0.25, 0.3) is 5.65 Å². The number of fused-ring (bicyclic) bond motifs is 1. The molecule has 4 aromatic rings. The third kappa shape index (κ3) is 3.82. The second-order valence-corrected chi connectivity index (χ2v) is 6.64. The fourth-order valence-electron chi connectivity index (χ4n) is 3.49. The molecule has 1 N–H and O–H groups in total. The fourth-order valence-corrected chi connectivity index (χ4v) is 3.49. The van der Waals surface area contributed by atoms with Crippen LogP contribution in [-0.4, -0.2) is 22.4 Å². The summed E-state index contributed by atoms with van der Waals surface area (Å²) in [6.07, 6.45) is 3.79. The molecule has 5 nitrogen and oxygen atoms in total. The van der Waals surface area contributed by atoms with Crippen molar-refractivity contribution >= 4 is 17.2 Å². The molecule has 6 heteroatoms. The molecule has 1 amide bonds. The number of carbonyl (C=O) groups excluding carboxylic acids is 1. The first-order chi connectivity index (χ1) is 14.2. The maximum atomic E-state index is 14.0. The summed E-state index contributed by atoms with van der Waals surface area (Å²) in [5, 5.41) is 2.67. The number of pyridine rings is 1. The highest BCUT2D eigenvalue weighted by molar-refractivity contribution is 5.91. The first-order valence-electron chi connectivity index (χ1n) is 9.26. The number of nitrogens with zero attached hydrogens (tertiary/aromatic N) is 2. The lowest BCUT2D eigenvalue weighted by molar-refractivity contribution is -0.116. The van der Waals surface area contributed by atoms with Gasteiger partial charge in [0.1, 0.15) is 17.2 Å². The van der Waals surface area contributed by atoms with Crippen molar-refractivity contribution in [3.8, 4) is 5.75 Å². The number of methoxy groups -OCH3 is 1. The van der Waals surface area contributed by atoms with Crippen molar-refractivity contribution in [3.05, 3.63) is 96.2 Å². The molecule has 0 aliphatic carbocycles. The van der Waals surface area contributed by atoms with E-state index >= 15 is 0 Å². The smallest absolute Gasteiger partial charge is 0.225 e. The quantitative estimate of drug-likeness (QED) is 0.523. The van der Waals surface area contributed by atoms with Gasteiger partial charge in [0.25, 0.3) is 0 Å². The molecular weight excluding hydrogens is 369 g/mol. The van der Waals surface area contributed by atoms with Gasteiger partial charge in [0.05, 0.1) is 18.5 Å². The summed E-state index contributed by atoms with van der Waals surface area (Å²) in [7, 11) is 1.60. The van der Waals surface area contributed by atoms with E-state index in [1.807, 2.05) is 53.1 Å². The van der Waals surface area contributed by atoms with E-state index in [0.29, 0.717) is 5.75 Å². The Labute approximate surface area is 167 Å². The van der Waals surface area contributed by atoms with Gasteiger partial charge in [0, 0.05) is 30.3 Å². The Hall–Kier alpha value is -3.67. The number of carbonyl (C=O) groups is 1. The highest BCUT2D eigenvalue weighted by atomic mass is 19.1. The summed E-state index contributed by atoms with van der Waals surface area (Å²) in [4.78, 5) is 17.3. The topological polar surface area (TPSA) is 55.6 Å². The van der Waals surface area contributed by atoms with Crippen LogP contribution in [0.15, 0.2) is 79.1 Å². The predicted octanol–water partition coefficient (Wildman–Crippen LogP) is 4.64. The van der Waals surface area contributed by atoms with Crippen molar-refractivity contribution in [2.75, 3.05) is 12.4 Å². The van der Waals surface area contributed by atoms with Crippen LogP contribution >= 0.6 is 0 Å². The van der Waals surface area contributed by atoms with Gasteiger partial charge in [-0.25, -0.2) is 9.37 Å². The summed E-state index contributed by atoms with van der Waals surface area (Å²) in [5.41, 5.74) is 2.67. The van der Waals surface area contributed by atoms with Gasteiger partial charge in [0.15, 0.2) is 0 Å². The van der Waals surface area contributed by atoms with Crippen LogP contribution < -0.4 is 10.1 Å². The summed E-state index contributed by atoms with van der Waals surface area (Å²) in [6, 6.07) is 19.4. The van der Waals surface area contributed by atoms with Gasteiger partial charge in [-0.1, -0.05) is 36.4 Å². The first kappa shape index (κ1) is 18.7. The van der Waals surface area contributed by atoms with E-state index in [0.717, 1.165) is 16.9 Å². The molecule has 0 radical (unpaired) electrons. The molecule has 1 atom stereocenters. The van der Waals surface area contributed by atoms with E-state index in [1.54, 1.807) is 31.5 Å². The monoisotopic (exact) mass is 389 g/mol. The van der Waals surface area contributed by atoms with Gasteiger partial charge in [-0.15, -0.1) is 0 Å². The Balaban J connectivity index is 1.73. The van der Waals surface area contributed by atoms with Crippen molar-refractivity contribution in [1.82, 2.24) is 9.38 Å². The van der Waals surface area contributed by atoms with Gasteiger partial charge in [-0.05, 0) is 30.3 Å². The highest BCUT2D eigenvalue weighted by Crippen LogP contribution is 2.35. The maximum absolute atomic E-state index is 14.0. The molecular formula is C23H20FN3O2. The minimum absolute atomic E-state index is 0.109. The van der Waals surface area contributed by atoms with Crippen LogP contribution in [0.1, 0.15) is 23.6 Å². The van der Waals surface area contributed by atoms with Crippen molar-refractivity contribution < 1.29 is 13.9 Å². The van der Waals surface area contributed by atoms with E-state index in [1.165, 1.54) is 6.07 Å². The average molecular weight is 389 g/mol. The van der Waals surface area contributed by atoms with E-state index in [2.05, 4.69) is 10.3 Å². The second kappa shape index (κ2) is 8.14. The van der Waals surface area contributed by atoms with Gasteiger partial charge in [0.2, 0.25) is 5.91 Å². The standard InChI is InChI=1S/C23H20FN3O2/c1-29-21-11-5-2-8-16(21)17(20-15-25-22-12-6-7-13-27(20)22)14-23(28)26-19-10-4-3-9-18(19)24/h2-13,15,17H,14H2,1H3,(H,26,28). The molecule has 0 saturated heterocycles. The fraction of sp³-hybridized carbons (Fsp3) is 0.130. The Morgan fingerprint density at radius 3 is 2.69 bits per heavy atom. The Morgan fingerprint density at radius 1 is 1.10 bits per heavy atom. The molecule has 146 valence electrons. The molecule has 0 aliphatic heterocycles. The summed E-state index contributed by atoms with van der Waals surface area (Å²) >= 11 is 0. The van der Waals surface area contributed by atoms with E-state index in [4.69, 9.17) is 4.74 Å². The van der Waals surface area contributed by atoms with Crippen LogP contribution in [0.3, 0.4) is 0 Å². The normalized spacial score (nSPS) is 11.9. The first-order valence-corrected chi connectivity index (χ1v) is 9.26. The molecule has 0 saturated carbocycles. The zero-order valence-electron chi connectivity index (χ0n) is 15.9. The molecule has 0 fully saturated rings. The number of para-hydroxylation sites is 2. The molecule has 2 aromatic carbocycles. The highest BCUT2D eigenvalue weighted by Gasteiger charge is 2.25. The number of hydrogen-bond acceptors (Lipinski definition) is 3. The zero-order chi connectivity index (χ0) is 20.2. The van der Waals surface area contributed by atoms with Crippen molar-refractivity contribution in [2.24, 2.45) is 0 Å². The minimum Gasteiger partial charge on any atom is -0.496 e. The van der Waals surface area contributed by atoms with Crippen LogP contribution in [-0.2, 0) is 4.79 Å². The van der Waals surface area contributed by atoms with Crippen molar-refractivity contribution in [3.63, 3.8) is 0 Å². The third-order valence-electron chi connectivity index (χ3n) is 4.85. The van der Waals surface area contributed by atoms with Crippen LogP contribution in [0.2, 0.25) is 0 Å². The van der Waals surface area contributed by atoms with E-state index in [9.17, 15) is 9.18 Å². The van der Waals surface area contributed by atoms with E-state index < -0.39 is 5.82 Å². The lowest BCUT2D eigenvalue weighted by atomic mass is 9.91. The van der Waals surface area contributed by atoms with Crippen LogP contribution in [0.5, 0.6) is 5.75 Å². The molecule has 0 bridgehead atoms. The third-order valence-corrected chi connectivity index (χ3v) is 4.85. The molecule has 2 aromatic heterocycles. The molecule has 1 unspecified atom stereocenters. The van der Waals surface area contributed by atoms with Gasteiger partial charge < -0.3 is 14.5 Å². The zero-order valence-corrected chi connectivity index (χ0v) is 15.9. The number of aromatic nitrogens is 2. The number of benzene rings is 2. The lowest BCUT2D eigenvalue weighted by Crippen LogP contribution is -2.18. The summed E-state index contributed by atoms with van der Waals surface area (Å²) in [5.74, 6) is -0.404. The number of amides is 1. The summed E-state index contributed by atoms with van der Waals surface area (Å²) < 4.78 is 21.4. The molecule has 29 heavy (non-hydrogen) atoms. The number of imidazole rings is 1.